The molecule has 6 heteroatoms. The van der Waals surface area contributed by atoms with E-state index in [1.54, 1.807) is 6.26 Å². The first-order valence-corrected chi connectivity index (χ1v) is 8.57. The SMILES string of the molecule is COC(=O)CCCCCNC(=O)c1cc(C)n(Cc2ccco2)c1C. The number of furan rings is 1. The highest BCUT2D eigenvalue weighted by molar-refractivity contribution is 5.95. The Kier molecular flexibility index (Phi) is 6.86. The fourth-order valence-electron chi connectivity index (χ4n) is 2.80. The van der Waals surface area contributed by atoms with Crippen molar-refractivity contribution in [3.05, 3.63) is 47.2 Å². The smallest absolute Gasteiger partial charge is 0.305 e. The summed E-state index contributed by atoms with van der Waals surface area (Å²) in [5.74, 6) is 0.610. The molecule has 0 unspecified atom stereocenters. The zero-order valence-corrected chi connectivity index (χ0v) is 15.1. The van der Waals surface area contributed by atoms with Gasteiger partial charge in [-0.25, -0.2) is 0 Å². The second kappa shape index (κ2) is 9.11. The lowest BCUT2D eigenvalue weighted by Gasteiger charge is -2.08. The summed E-state index contributed by atoms with van der Waals surface area (Å²) in [4.78, 5) is 23.4. The van der Waals surface area contributed by atoms with Crippen molar-refractivity contribution < 1.29 is 18.7 Å². The minimum absolute atomic E-state index is 0.0632. The van der Waals surface area contributed by atoms with Crippen molar-refractivity contribution in [1.29, 1.82) is 0 Å². The number of esters is 1. The van der Waals surface area contributed by atoms with Crippen molar-refractivity contribution in [3.63, 3.8) is 0 Å². The fourth-order valence-corrected chi connectivity index (χ4v) is 2.80. The molecule has 1 N–H and O–H groups in total. The monoisotopic (exact) mass is 346 g/mol. The Morgan fingerprint density at radius 1 is 1.24 bits per heavy atom. The number of nitrogens with zero attached hydrogens (tertiary/aromatic N) is 1. The number of ether oxygens (including phenoxy) is 1. The van der Waals surface area contributed by atoms with Gasteiger partial charge in [-0.1, -0.05) is 6.42 Å². The molecule has 25 heavy (non-hydrogen) atoms. The third-order valence-corrected chi connectivity index (χ3v) is 4.28. The number of rotatable bonds is 9. The molecule has 6 nitrogen and oxygen atoms in total. The molecule has 0 saturated heterocycles. The van der Waals surface area contributed by atoms with Gasteiger partial charge in [0.15, 0.2) is 0 Å². The van der Waals surface area contributed by atoms with E-state index >= 15 is 0 Å². The lowest BCUT2D eigenvalue weighted by molar-refractivity contribution is -0.140. The van der Waals surface area contributed by atoms with Gasteiger partial charge in [0.05, 0.1) is 25.5 Å². The maximum atomic E-state index is 12.4. The molecule has 0 radical (unpaired) electrons. The van der Waals surface area contributed by atoms with E-state index in [0.29, 0.717) is 25.1 Å². The number of amides is 1. The van der Waals surface area contributed by atoms with Gasteiger partial charge < -0.3 is 19.0 Å². The van der Waals surface area contributed by atoms with Gasteiger partial charge in [0.2, 0.25) is 0 Å². The third kappa shape index (κ3) is 5.24. The van der Waals surface area contributed by atoms with Crippen LogP contribution in [0, 0.1) is 13.8 Å². The van der Waals surface area contributed by atoms with Gasteiger partial charge in [-0.3, -0.25) is 9.59 Å². The number of methoxy groups -OCH3 is 1. The normalized spacial score (nSPS) is 10.7. The standard InChI is InChI=1S/C19H26N2O4/c1-14-12-17(15(2)21(14)13-16-8-7-11-25-16)19(23)20-10-6-4-5-9-18(22)24-3/h7-8,11-12H,4-6,9-10,13H2,1-3H3,(H,20,23). The van der Waals surface area contributed by atoms with Crippen molar-refractivity contribution in [1.82, 2.24) is 9.88 Å². The van der Waals surface area contributed by atoms with Gasteiger partial charge in [0.25, 0.3) is 5.91 Å². The molecule has 2 rings (SSSR count). The number of aryl methyl sites for hydroxylation is 1. The molecule has 0 bridgehead atoms. The first-order valence-electron chi connectivity index (χ1n) is 8.57. The molecule has 0 saturated carbocycles. The largest absolute Gasteiger partial charge is 0.469 e. The number of nitrogens with one attached hydrogen (secondary N) is 1. The maximum Gasteiger partial charge on any atom is 0.305 e. The van der Waals surface area contributed by atoms with Crippen molar-refractivity contribution >= 4 is 11.9 Å². The van der Waals surface area contributed by atoms with E-state index in [2.05, 4.69) is 14.6 Å². The molecule has 0 atom stereocenters. The molecule has 0 aromatic carbocycles. The number of carbonyl (C=O) groups excluding carboxylic acids is 2. The highest BCUT2D eigenvalue weighted by atomic mass is 16.5. The summed E-state index contributed by atoms with van der Waals surface area (Å²) >= 11 is 0. The molecule has 0 aliphatic heterocycles. The van der Waals surface area contributed by atoms with Crippen LogP contribution in [0.15, 0.2) is 28.9 Å². The van der Waals surface area contributed by atoms with E-state index in [1.165, 1.54) is 7.11 Å². The van der Waals surface area contributed by atoms with Crippen LogP contribution in [0.25, 0.3) is 0 Å². The Morgan fingerprint density at radius 3 is 2.72 bits per heavy atom. The van der Waals surface area contributed by atoms with Crippen molar-refractivity contribution in [2.75, 3.05) is 13.7 Å². The van der Waals surface area contributed by atoms with Gasteiger partial charge >= 0.3 is 5.97 Å². The van der Waals surface area contributed by atoms with E-state index in [4.69, 9.17) is 4.42 Å². The molecule has 0 aliphatic rings. The highest BCUT2D eigenvalue weighted by Gasteiger charge is 2.16. The minimum atomic E-state index is -0.187. The number of hydrogen-bond acceptors (Lipinski definition) is 4. The number of hydrogen-bond donors (Lipinski definition) is 1. The minimum Gasteiger partial charge on any atom is -0.469 e. The number of aromatic nitrogens is 1. The van der Waals surface area contributed by atoms with Crippen LogP contribution < -0.4 is 5.32 Å². The quantitative estimate of drug-likeness (QED) is 0.559. The summed E-state index contributed by atoms with van der Waals surface area (Å²) in [6.45, 7) is 5.15. The van der Waals surface area contributed by atoms with Crippen LogP contribution in [-0.4, -0.2) is 30.1 Å². The molecule has 0 spiro atoms. The summed E-state index contributed by atoms with van der Waals surface area (Å²) in [7, 11) is 1.39. The third-order valence-electron chi connectivity index (χ3n) is 4.28. The van der Waals surface area contributed by atoms with Gasteiger partial charge in [-0.2, -0.15) is 0 Å². The first-order chi connectivity index (χ1) is 12.0. The van der Waals surface area contributed by atoms with Crippen LogP contribution in [0.2, 0.25) is 0 Å². The van der Waals surface area contributed by atoms with E-state index in [9.17, 15) is 9.59 Å². The van der Waals surface area contributed by atoms with Crippen molar-refractivity contribution in [2.45, 2.75) is 46.1 Å². The summed E-state index contributed by atoms with van der Waals surface area (Å²) in [6.07, 6.45) is 4.58. The zero-order chi connectivity index (χ0) is 18.2. The lowest BCUT2D eigenvalue weighted by atomic mass is 10.2. The topological polar surface area (TPSA) is 73.5 Å². The van der Waals surface area contributed by atoms with E-state index < -0.39 is 0 Å². The highest BCUT2D eigenvalue weighted by Crippen LogP contribution is 2.17. The van der Waals surface area contributed by atoms with Crippen LogP contribution in [0.5, 0.6) is 0 Å². The lowest BCUT2D eigenvalue weighted by Crippen LogP contribution is -2.25. The van der Waals surface area contributed by atoms with E-state index in [0.717, 1.165) is 36.4 Å². The first kappa shape index (κ1) is 18.8. The summed E-state index contributed by atoms with van der Waals surface area (Å²) in [6, 6.07) is 5.69. The summed E-state index contributed by atoms with van der Waals surface area (Å²) in [5, 5.41) is 2.95. The molecule has 0 aliphatic carbocycles. The Bertz CT molecular complexity index is 701. The predicted octanol–water partition coefficient (Wildman–Crippen LogP) is 3.21. The zero-order valence-electron chi connectivity index (χ0n) is 15.1. The Labute approximate surface area is 148 Å². The Balaban J connectivity index is 1.82. The average Bonchev–Trinajstić information content (AvgIpc) is 3.21. The van der Waals surface area contributed by atoms with Crippen LogP contribution in [0.4, 0.5) is 0 Å². The van der Waals surface area contributed by atoms with Gasteiger partial charge in [0, 0.05) is 24.4 Å². The predicted molar refractivity (Wildman–Crippen MR) is 94.5 cm³/mol. The van der Waals surface area contributed by atoms with Crippen LogP contribution in [0.3, 0.4) is 0 Å². The van der Waals surface area contributed by atoms with Crippen LogP contribution in [0.1, 0.15) is 53.2 Å². The fraction of sp³-hybridized carbons (Fsp3) is 0.474. The second-order valence-corrected chi connectivity index (χ2v) is 6.09. The van der Waals surface area contributed by atoms with Crippen molar-refractivity contribution in [3.8, 4) is 0 Å². The molecular weight excluding hydrogens is 320 g/mol. The van der Waals surface area contributed by atoms with Gasteiger partial charge in [-0.15, -0.1) is 0 Å². The molecule has 2 aromatic rings. The number of unbranched alkanes of at least 4 members (excludes halogenated alkanes) is 2. The molecule has 2 heterocycles. The van der Waals surface area contributed by atoms with Gasteiger partial charge in [-0.05, 0) is 44.9 Å². The maximum absolute atomic E-state index is 12.4. The summed E-state index contributed by atoms with van der Waals surface area (Å²) in [5.41, 5.74) is 2.65. The Hall–Kier alpha value is -2.50. The molecule has 136 valence electrons. The molecule has 2 aromatic heterocycles. The molecule has 0 fully saturated rings. The molecule has 1 amide bonds. The van der Waals surface area contributed by atoms with E-state index in [1.807, 2.05) is 32.0 Å². The second-order valence-electron chi connectivity index (χ2n) is 6.09. The summed E-state index contributed by atoms with van der Waals surface area (Å²) < 4.78 is 12.1. The molecular formula is C19H26N2O4. The van der Waals surface area contributed by atoms with E-state index in [-0.39, 0.29) is 11.9 Å². The van der Waals surface area contributed by atoms with Crippen molar-refractivity contribution in [2.24, 2.45) is 0 Å². The number of carbonyl (C=O) groups is 2. The van der Waals surface area contributed by atoms with Crippen LogP contribution >= 0.6 is 0 Å². The van der Waals surface area contributed by atoms with Crippen LogP contribution in [-0.2, 0) is 16.1 Å². The average molecular weight is 346 g/mol. The Morgan fingerprint density at radius 2 is 2.04 bits per heavy atom. The van der Waals surface area contributed by atoms with Gasteiger partial charge in [0.1, 0.15) is 5.76 Å².